The average molecular weight is 392 g/mol. The van der Waals surface area contributed by atoms with E-state index in [0.29, 0.717) is 23.7 Å². The first-order valence-corrected chi connectivity index (χ1v) is 9.54. The summed E-state index contributed by atoms with van der Waals surface area (Å²) in [5.74, 6) is 0.558. The van der Waals surface area contributed by atoms with Gasteiger partial charge in [-0.3, -0.25) is 18.5 Å². The van der Waals surface area contributed by atoms with Crippen molar-refractivity contribution in [2.45, 2.75) is 39.9 Å². The molecule has 150 valence electrons. The van der Waals surface area contributed by atoms with Gasteiger partial charge in [-0.05, 0) is 26.3 Å². The molecule has 1 atom stereocenters. The van der Waals surface area contributed by atoms with Gasteiger partial charge in [-0.2, -0.15) is 10.1 Å². The first-order valence-electron chi connectivity index (χ1n) is 9.54. The predicted molar refractivity (Wildman–Crippen MR) is 115 cm³/mol. The Kier molecular flexibility index (Phi) is 4.49. The number of benzene rings is 1. The Morgan fingerprint density at radius 2 is 2.00 bits per heavy atom. The number of aromatic nitrogens is 4. The first kappa shape index (κ1) is 18.9. The molecule has 0 fully saturated rings. The van der Waals surface area contributed by atoms with Crippen molar-refractivity contribution in [3.8, 4) is 0 Å². The van der Waals surface area contributed by atoms with E-state index in [9.17, 15) is 9.59 Å². The lowest BCUT2D eigenvalue weighted by atomic mass is 10.1. The van der Waals surface area contributed by atoms with Crippen molar-refractivity contribution in [2.24, 2.45) is 12.1 Å². The Morgan fingerprint density at radius 3 is 2.69 bits per heavy atom. The molecule has 0 aliphatic carbocycles. The summed E-state index contributed by atoms with van der Waals surface area (Å²) in [5, 5.41) is 6.52. The molecule has 0 radical (unpaired) electrons. The second-order valence-corrected chi connectivity index (χ2v) is 7.46. The van der Waals surface area contributed by atoms with Crippen LogP contribution in [-0.4, -0.2) is 24.4 Å². The van der Waals surface area contributed by atoms with Crippen LogP contribution < -0.4 is 16.3 Å². The zero-order valence-electron chi connectivity index (χ0n) is 17.1. The van der Waals surface area contributed by atoms with Gasteiger partial charge in [-0.15, -0.1) is 6.58 Å². The molecule has 3 aromatic rings. The molecule has 3 heterocycles. The fraction of sp³-hybridized carbons (Fsp3) is 0.333. The van der Waals surface area contributed by atoms with Gasteiger partial charge in [0.2, 0.25) is 5.95 Å². The zero-order valence-corrected chi connectivity index (χ0v) is 17.1. The van der Waals surface area contributed by atoms with Crippen LogP contribution in [-0.2, 0) is 20.1 Å². The van der Waals surface area contributed by atoms with Gasteiger partial charge < -0.3 is 0 Å². The number of hydrogen-bond acceptors (Lipinski definition) is 5. The van der Waals surface area contributed by atoms with Gasteiger partial charge in [0.15, 0.2) is 11.2 Å². The Labute approximate surface area is 168 Å². The van der Waals surface area contributed by atoms with E-state index in [0.717, 1.165) is 16.8 Å². The summed E-state index contributed by atoms with van der Waals surface area (Å²) in [6.07, 6.45) is 1.54. The summed E-state index contributed by atoms with van der Waals surface area (Å²) in [4.78, 5) is 30.5. The lowest BCUT2D eigenvalue weighted by Gasteiger charge is -2.29. The number of imidazole rings is 1. The Bertz CT molecular complexity index is 1280. The zero-order chi connectivity index (χ0) is 20.9. The molecule has 1 aliphatic heterocycles. The number of hydrazone groups is 1. The van der Waals surface area contributed by atoms with Crippen molar-refractivity contribution >= 4 is 22.8 Å². The number of nitrogens with zero attached hydrogens (tertiary/aromatic N) is 6. The highest BCUT2D eigenvalue weighted by Gasteiger charge is 2.30. The monoisotopic (exact) mass is 392 g/mol. The fourth-order valence-electron chi connectivity index (χ4n) is 3.76. The molecule has 0 amide bonds. The minimum Gasteiger partial charge on any atom is -0.294 e. The number of fused-ring (bicyclic) bond motifs is 3. The fourth-order valence-corrected chi connectivity index (χ4v) is 3.76. The third-order valence-corrected chi connectivity index (χ3v) is 5.39. The lowest BCUT2D eigenvalue weighted by Crippen LogP contribution is -2.40. The molecule has 8 heteroatoms. The molecular formula is C21H24N6O2. The maximum Gasteiger partial charge on any atom is 0.332 e. The highest BCUT2D eigenvalue weighted by atomic mass is 16.2. The molecule has 0 saturated carbocycles. The number of hydrogen-bond donors (Lipinski definition) is 0. The average Bonchev–Trinajstić information content (AvgIpc) is 3.09. The molecule has 1 aliphatic rings. The maximum absolute atomic E-state index is 13.2. The molecule has 0 N–H and O–H groups in total. The smallest absolute Gasteiger partial charge is 0.294 e. The van der Waals surface area contributed by atoms with Gasteiger partial charge in [0.05, 0.1) is 18.3 Å². The molecular weight excluding hydrogens is 368 g/mol. The van der Waals surface area contributed by atoms with E-state index in [2.05, 4.69) is 17.6 Å². The minimum atomic E-state index is -0.409. The van der Waals surface area contributed by atoms with Crippen molar-refractivity contribution in [1.82, 2.24) is 18.7 Å². The summed E-state index contributed by atoms with van der Waals surface area (Å²) in [6, 6.07) is 8.04. The molecule has 0 unspecified atom stereocenters. The molecule has 0 bridgehead atoms. The van der Waals surface area contributed by atoms with E-state index < -0.39 is 5.69 Å². The third-order valence-electron chi connectivity index (χ3n) is 5.39. The van der Waals surface area contributed by atoms with Crippen LogP contribution in [0.1, 0.15) is 31.0 Å². The molecule has 2 aromatic heterocycles. The number of anilines is 1. The Hall–Kier alpha value is -3.42. The van der Waals surface area contributed by atoms with Crippen LogP contribution in [0.5, 0.6) is 0 Å². The van der Waals surface area contributed by atoms with Gasteiger partial charge in [0.25, 0.3) is 5.56 Å². The highest BCUT2D eigenvalue weighted by Crippen LogP contribution is 2.30. The summed E-state index contributed by atoms with van der Waals surface area (Å²) >= 11 is 0. The second kappa shape index (κ2) is 6.88. The summed E-state index contributed by atoms with van der Waals surface area (Å²) in [7, 11) is 1.63. The highest BCUT2D eigenvalue weighted by molar-refractivity contribution is 5.91. The minimum absolute atomic E-state index is 0.147. The van der Waals surface area contributed by atoms with Gasteiger partial charge >= 0.3 is 5.69 Å². The molecule has 4 rings (SSSR count). The van der Waals surface area contributed by atoms with Gasteiger partial charge in [-0.25, -0.2) is 9.80 Å². The summed E-state index contributed by atoms with van der Waals surface area (Å²) < 4.78 is 4.48. The Morgan fingerprint density at radius 1 is 1.24 bits per heavy atom. The van der Waals surface area contributed by atoms with Crippen LogP contribution in [0.3, 0.4) is 0 Å². The van der Waals surface area contributed by atoms with E-state index >= 15 is 0 Å². The normalized spacial score (nSPS) is 16.1. The second-order valence-electron chi connectivity index (χ2n) is 7.46. The number of rotatable bonds is 4. The van der Waals surface area contributed by atoms with Crippen molar-refractivity contribution in [3.05, 3.63) is 68.9 Å². The number of allylic oxidation sites excluding steroid dienone is 1. The molecule has 29 heavy (non-hydrogen) atoms. The third kappa shape index (κ3) is 2.91. The van der Waals surface area contributed by atoms with Crippen LogP contribution in [0, 0.1) is 6.92 Å². The van der Waals surface area contributed by atoms with Gasteiger partial charge in [0, 0.05) is 13.6 Å². The lowest BCUT2D eigenvalue weighted by molar-refractivity contribution is 0.629. The van der Waals surface area contributed by atoms with Gasteiger partial charge in [0.1, 0.15) is 0 Å². The van der Waals surface area contributed by atoms with E-state index in [-0.39, 0.29) is 18.1 Å². The van der Waals surface area contributed by atoms with Crippen molar-refractivity contribution in [1.29, 1.82) is 0 Å². The molecule has 1 aromatic carbocycles. The van der Waals surface area contributed by atoms with Gasteiger partial charge in [-0.1, -0.05) is 35.9 Å². The van der Waals surface area contributed by atoms with Crippen LogP contribution in [0.2, 0.25) is 0 Å². The quantitative estimate of drug-likeness (QED) is 0.639. The SMILES string of the molecule is C=CCn1c(=O)c2c(nc3n2[C@@H](C)C(C)=NN3Cc2cccc(C)c2)n(C)c1=O. The van der Waals surface area contributed by atoms with Crippen LogP contribution in [0.25, 0.3) is 11.2 Å². The van der Waals surface area contributed by atoms with E-state index in [4.69, 9.17) is 5.10 Å². The van der Waals surface area contributed by atoms with Crippen molar-refractivity contribution in [3.63, 3.8) is 0 Å². The van der Waals surface area contributed by atoms with E-state index in [1.165, 1.54) is 9.13 Å². The van der Waals surface area contributed by atoms with Crippen LogP contribution in [0.4, 0.5) is 5.95 Å². The predicted octanol–water partition coefficient (Wildman–Crippen LogP) is 2.35. The van der Waals surface area contributed by atoms with Crippen molar-refractivity contribution in [2.75, 3.05) is 5.01 Å². The van der Waals surface area contributed by atoms with E-state index in [1.54, 1.807) is 18.1 Å². The Balaban J connectivity index is 1.97. The topological polar surface area (TPSA) is 77.4 Å². The maximum atomic E-state index is 13.2. The molecule has 0 saturated heterocycles. The van der Waals surface area contributed by atoms with Crippen LogP contribution in [0.15, 0.2) is 51.6 Å². The summed E-state index contributed by atoms with van der Waals surface area (Å²) in [5.41, 5.74) is 3.12. The number of aryl methyl sites for hydroxylation is 2. The van der Waals surface area contributed by atoms with Crippen molar-refractivity contribution < 1.29 is 0 Å². The first-order chi connectivity index (χ1) is 13.8. The van der Waals surface area contributed by atoms with E-state index in [1.807, 2.05) is 43.5 Å². The molecule has 8 nitrogen and oxygen atoms in total. The van der Waals surface area contributed by atoms with Crippen LogP contribution >= 0.6 is 0 Å². The standard InChI is InChI=1S/C21H24N6O2/c1-6-10-25-19(28)17-18(24(5)21(25)29)22-20-26(23-14(3)15(4)27(17)20)12-16-9-7-8-13(2)11-16/h6-9,11,15H,1,10,12H2,2-5H3/t15-/m0/s1. The largest absolute Gasteiger partial charge is 0.332 e. The molecule has 0 spiro atoms. The summed E-state index contributed by atoms with van der Waals surface area (Å²) in [6.45, 7) is 10.3.